The Bertz CT molecular complexity index is 530. The highest BCUT2D eigenvalue weighted by Gasteiger charge is 2.52. The Balaban J connectivity index is 2.14. The Hall–Kier alpha value is -0.980. The summed E-state index contributed by atoms with van der Waals surface area (Å²) >= 11 is 11.7. The van der Waals surface area contributed by atoms with E-state index in [0.717, 1.165) is 0 Å². The molecule has 1 aliphatic heterocycles. The third-order valence-corrected chi connectivity index (χ3v) is 3.90. The van der Waals surface area contributed by atoms with Gasteiger partial charge in [0, 0.05) is 29.7 Å². The molecule has 0 saturated carbocycles. The SMILES string of the molecule is O=C(O)[C@@H]1CN(Cc2cc(Cl)cc(Cl)c2)C[C@H]1C(F)(F)F. The summed E-state index contributed by atoms with van der Waals surface area (Å²) in [6, 6.07) is 4.73. The van der Waals surface area contributed by atoms with Gasteiger partial charge in [-0.15, -0.1) is 0 Å². The lowest BCUT2D eigenvalue weighted by Gasteiger charge is -2.18. The first-order valence-electron chi connectivity index (χ1n) is 6.13. The predicted octanol–water partition coefficient (Wildman–Crippen LogP) is 3.69. The lowest BCUT2D eigenvalue weighted by Crippen LogP contribution is -2.33. The van der Waals surface area contributed by atoms with Crippen molar-refractivity contribution in [1.82, 2.24) is 4.90 Å². The molecular weight excluding hydrogens is 330 g/mol. The molecule has 0 amide bonds. The molecule has 3 nitrogen and oxygen atoms in total. The quantitative estimate of drug-likeness (QED) is 0.911. The van der Waals surface area contributed by atoms with Crippen LogP contribution in [-0.2, 0) is 11.3 Å². The van der Waals surface area contributed by atoms with E-state index >= 15 is 0 Å². The van der Waals surface area contributed by atoms with Crippen LogP contribution in [0.2, 0.25) is 10.0 Å². The number of nitrogens with zero attached hydrogens (tertiary/aromatic N) is 1. The number of carboxylic acids is 1. The fourth-order valence-corrected chi connectivity index (χ4v) is 3.13. The van der Waals surface area contributed by atoms with E-state index in [9.17, 15) is 18.0 Å². The van der Waals surface area contributed by atoms with Crippen molar-refractivity contribution in [3.63, 3.8) is 0 Å². The number of hydrogen-bond donors (Lipinski definition) is 1. The molecule has 0 radical (unpaired) electrons. The van der Waals surface area contributed by atoms with Crippen LogP contribution in [0.5, 0.6) is 0 Å². The van der Waals surface area contributed by atoms with Crippen LogP contribution in [0.15, 0.2) is 18.2 Å². The maximum absolute atomic E-state index is 12.9. The van der Waals surface area contributed by atoms with Crippen LogP contribution in [-0.4, -0.2) is 35.2 Å². The van der Waals surface area contributed by atoms with Gasteiger partial charge in [-0.1, -0.05) is 23.2 Å². The molecule has 0 aromatic heterocycles. The third kappa shape index (κ3) is 4.02. The summed E-state index contributed by atoms with van der Waals surface area (Å²) in [5.74, 6) is -4.73. The van der Waals surface area contributed by atoms with E-state index in [1.807, 2.05) is 0 Å². The average Bonchev–Trinajstić information content (AvgIpc) is 2.71. The number of likely N-dealkylation sites (tertiary alicyclic amines) is 1. The Morgan fingerprint density at radius 2 is 1.81 bits per heavy atom. The second kappa shape index (κ2) is 6.02. The van der Waals surface area contributed by atoms with E-state index < -0.39 is 24.0 Å². The summed E-state index contributed by atoms with van der Waals surface area (Å²) in [6.45, 7) is -0.315. The van der Waals surface area contributed by atoms with Gasteiger partial charge >= 0.3 is 12.1 Å². The Morgan fingerprint density at radius 1 is 1.24 bits per heavy atom. The highest BCUT2D eigenvalue weighted by molar-refractivity contribution is 6.34. The standard InChI is InChI=1S/C13H12Cl2F3NO2/c14-8-1-7(2-9(15)3-8)4-19-5-10(12(20)21)11(6-19)13(16,17)18/h1-3,10-11H,4-6H2,(H,20,21)/t10-,11-/m1/s1. The van der Waals surface area contributed by atoms with Crippen molar-refractivity contribution in [3.05, 3.63) is 33.8 Å². The van der Waals surface area contributed by atoms with Gasteiger partial charge in [0.2, 0.25) is 0 Å². The van der Waals surface area contributed by atoms with Crippen LogP contribution < -0.4 is 0 Å². The molecule has 1 N–H and O–H groups in total. The van der Waals surface area contributed by atoms with Crippen molar-refractivity contribution in [1.29, 1.82) is 0 Å². The molecule has 21 heavy (non-hydrogen) atoms. The smallest absolute Gasteiger partial charge is 0.393 e. The van der Waals surface area contributed by atoms with Gasteiger partial charge in [0.05, 0.1) is 11.8 Å². The Kier molecular flexibility index (Phi) is 4.70. The van der Waals surface area contributed by atoms with Crippen LogP contribution in [0.25, 0.3) is 0 Å². The molecule has 1 heterocycles. The Morgan fingerprint density at radius 3 is 2.24 bits per heavy atom. The number of rotatable bonds is 3. The second-order valence-corrected chi connectivity index (χ2v) is 5.94. The minimum Gasteiger partial charge on any atom is -0.481 e. The number of alkyl halides is 3. The van der Waals surface area contributed by atoms with Gasteiger partial charge in [-0.05, 0) is 23.8 Å². The zero-order chi connectivity index (χ0) is 15.8. The molecule has 2 atom stereocenters. The van der Waals surface area contributed by atoms with Crippen molar-refractivity contribution in [2.24, 2.45) is 11.8 Å². The van der Waals surface area contributed by atoms with Crippen LogP contribution in [0, 0.1) is 11.8 Å². The highest BCUT2D eigenvalue weighted by atomic mass is 35.5. The lowest BCUT2D eigenvalue weighted by molar-refractivity contribution is -0.188. The van der Waals surface area contributed by atoms with Gasteiger partial charge in [0.25, 0.3) is 0 Å². The summed E-state index contributed by atoms with van der Waals surface area (Å²) in [5, 5.41) is 9.73. The largest absolute Gasteiger partial charge is 0.481 e. The highest BCUT2D eigenvalue weighted by Crippen LogP contribution is 2.38. The van der Waals surface area contributed by atoms with Crippen molar-refractivity contribution in [2.45, 2.75) is 12.7 Å². The molecule has 1 fully saturated rings. The minimum atomic E-state index is -4.52. The van der Waals surface area contributed by atoms with Crippen molar-refractivity contribution in [2.75, 3.05) is 13.1 Å². The van der Waals surface area contributed by atoms with Crippen LogP contribution in [0.4, 0.5) is 13.2 Å². The van der Waals surface area contributed by atoms with Gasteiger partial charge in [0.15, 0.2) is 0 Å². The summed E-state index contributed by atoms with van der Waals surface area (Å²) in [7, 11) is 0. The molecule has 1 saturated heterocycles. The molecule has 0 spiro atoms. The van der Waals surface area contributed by atoms with Crippen LogP contribution >= 0.6 is 23.2 Å². The summed E-state index contributed by atoms with van der Waals surface area (Å²) in [6.07, 6.45) is -4.52. The molecule has 0 aliphatic carbocycles. The molecule has 116 valence electrons. The zero-order valence-electron chi connectivity index (χ0n) is 10.7. The number of aliphatic carboxylic acids is 1. The molecule has 8 heteroatoms. The van der Waals surface area contributed by atoms with Gasteiger partial charge in [-0.25, -0.2) is 0 Å². The monoisotopic (exact) mass is 341 g/mol. The van der Waals surface area contributed by atoms with E-state index in [2.05, 4.69) is 0 Å². The predicted molar refractivity (Wildman–Crippen MR) is 72.4 cm³/mol. The van der Waals surface area contributed by atoms with E-state index in [1.54, 1.807) is 12.1 Å². The van der Waals surface area contributed by atoms with E-state index in [0.29, 0.717) is 15.6 Å². The summed E-state index contributed by atoms with van der Waals surface area (Å²) in [4.78, 5) is 12.5. The topological polar surface area (TPSA) is 40.5 Å². The molecule has 1 aliphatic rings. The number of benzene rings is 1. The minimum absolute atomic E-state index is 0.149. The average molecular weight is 342 g/mol. The third-order valence-electron chi connectivity index (χ3n) is 3.46. The number of hydrogen-bond acceptors (Lipinski definition) is 2. The zero-order valence-corrected chi connectivity index (χ0v) is 12.2. The van der Waals surface area contributed by atoms with E-state index in [1.165, 1.54) is 11.0 Å². The van der Waals surface area contributed by atoms with Gasteiger partial charge < -0.3 is 5.11 Å². The molecular formula is C13H12Cl2F3NO2. The second-order valence-electron chi connectivity index (χ2n) is 5.06. The van der Waals surface area contributed by atoms with Crippen molar-refractivity contribution < 1.29 is 23.1 Å². The van der Waals surface area contributed by atoms with E-state index in [4.69, 9.17) is 28.3 Å². The van der Waals surface area contributed by atoms with Gasteiger partial charge in [0.1, 0.15) is 0 Å². The molecule has 0 bridgehead atoms. The fraction of sp³-hybridized carbons (Fsp3) is 0.462. The normalized spacial score (nSPS) is 23.5. The summed E-state index contributed by atoms with van der Waals surface area (Å²) < 4.78 is 38.6. The first-order chi connectivity index (χ1) is 9.66. The molecule has 1 aromatic rings. The van der Waals surface area contributed by atoms with E-state index in [-0.39, 0.29) is 19.6 Å². The number of carboxylic acid groups (broad SMARTS) is 1. The maximum atomic E-state index is 12.9. The number of carbonyl (C=O) groups is 1. The maximum Gasteiger partial charge on any atom is 0.393 e. The van der Waals surface area contributed by atoms with Crippen LogP contribution in [0.3, 0.4) is 0 Å². The van der Waals surface area contributed by atoms with Crippen molar-refractivity contribution >= 4 is 29.2 Å². The first-order valence-corrected chi connectivity index (χ1v) is 6.89. The van der Waals surface area contributed by atoms with Crippen LogP contribution in [0.1, 0.15) is 5.56 Å². The molecule has 2 rings (SSSR count). The van der Waals surface area contributed by atoms with Gasteiger partial charge in [-0.3, -0.25) is 9.69 Å². The Labute approximate surface area is 129 Å². The van der Waals surface area contributed by atoms with Gasteiger partial charge in [-0.2, -0.15) is 13.2 Å². The molecule has 0 unspecified atom stereocenters. The first kappa shape index (κ1) is 16.4. The van der Waals surface area contributed by atoms with Crippen molar-refractivity contribution in [3.8, 4) is 0 Å². The fourth-order valence-electron chi connectivity index (χ4n) is 2.56. The number of halogens is 5. The molecule has 1 aromatic carbocycles. The lowest BCUT2D eigenvalue weighted by atomic mass is 9.96. The summed E-state index contributed by atoms with van der Waals surface area (Å²) in [5.41, 5.74) is 0.652.